The van der Waals surface area contributed by atoms with Crippen LogP contribution >= 0.6 is 0 Å². The first kappa shape index (κ1) is 22.7. The van der Waals surface area contributed by atoms with E-state index in [1.807, 2.05) is 54.6 Å². The van der Waals surface area contributed by atoms with E-state index in [9.17, 15) is 8.42 Å². The molecule has 0 saturated carbocycles. The van der Waals surface area contributed by atoms with Gasteiger partial charge in [-0.15, -0.1) is 0 Å². The van der Waals surface area contributed by atoms with Gasteiger partial charge >= 0.3 is 0 Å². The van der Waals surface area contributed by atoms with Crippen molar-refractivity contribution in [3.63, 3.8) is 0 Å². The molecule has 4 rings (SSSR count). The van der Waals surface area contributed by atoms with Crippen LogP contribution in [0.3, 0.4) is 0 Å². The van der Waals surface area contributed by atoms with Crippen LogP contribution in [0.1, 0.15) is 30.0 Å². The number of hydrogen-bond acceptors (Lipinski definition) is 6. The molecule has 33 heavy (non-hydrogen) atoms. The minimum absolute atomic E-state index is 0.0905. The highest BCUT2D eigenvalue weighted by atomic mass is 32.2. The number of hydrogen-bond donors (Lipinski definition) is 2. The summed E-state index contributed by atoms with van der Waals surface area (Å²) >= 11 is 0. The van der Waals surface area contributed by atoms with Crippen LogP contribution in [-0.2, 0) is 10.0 Å². The van der Waals surface area contributed by atoms with E-state index in [1.165, 1.54) is 10.5 Å². The zero-order valence-electron chi connectivity index (χ0n) is 18.1. The predicted molar refractivity (Wildman–Crippen MR) is 131 cm³/mol. The van der Waals surface area contributed by atoms with E-state index in [-0.39, 0.29) is 5.92 Å². The number of benzene rings is 2. The standard InChI is InChI=1S/C25H26N4O3S/c1-2-33(30,31)29-14-6-7-19(17-29)23-15-20(16-26)24(27)25(28-23)18-10-12-22(13-11-18)32-21-8-4-3-5-9-21/h2-5,8-13,15-16,19,26H,1,6-7,14,17,27H2. The molecule has 2 aromatic carbocycles. The van der Waals surface area contributed by atoms with Crippen LogP contribution < -0.4 is 10.5 Å². The fraction of sp³-hybridized carbons (Fsp3) is 0.200. The first-order valence-electron chi connectivity index (χ1n) is 10.7. The first-order chi connectivity index (χ1) is 15.9. The van der Waals surface area contributed by atoms with Crippen molar-refractivity contribution in [3.05, 3.63) is 83.9 Å². The Morgan fingerprint density at radius 2 is 1.82 bits per heavy atom. The number of nitrogens with one attached hydrogen (secondary N) is 1. The fourth-order valence-corrected chi connectivity index (χ4v) is 4.95. The van der Waals surface area contributed by atoms with Gasteiger partial charge < -0.3 is 15.9 Å². The van der Waals surface area contributed by atoms with Crippen LogP contribution in [0.2, 0.25) is 0 Å². The van der Waals surface area contributed by atoms with E-state index < -0.39 is 10.0 Å². The van der Waals surface area contributed by atoms with Gasteiger partial charge in [-0.2, -0.15) is 4.31 Å². The maximum atomic E-state index is 12.3. The molecule has 1 atom stereocenters. The van der Waals surface area contributed by atoms with Crippen LogP contribution in [0.5, 0.6) is 11.5 Å². The van der Waals surface area contributed by atoms with Gasteiger partial charge in [-0.25, -0.2) is 8.42 Å². The fourth-order valence-electron chi connectivity index (χ4n) is 3.97. The molecule has 7 nitrogen and oxygen atoms in total. The van der Waals surface area contributed by atoms with E-state index >= 15 is 0 Å². The lowest BCUT2D eigenvalue weighted by Crippen LogP contribution is -2.38. The van der Waals surface area contributed by atoms with Crippen molar-refractivity contribution in [1.82, 2.24) is 9.29 Å². The Kier molecular flexibility index (Phi) is 6.57. The summed E-state index contributed by atoms with van der Waals surface area (Å²) in [6.45, 7) is 4.22. The highest BCUT2D eigenvalue weighted by molar-refractivity contribution is 7.92. The molecule has 1 aliphatic rings. The topological polar surface area (TPSA) is 109 Å². The lowest BCUT2D eigenvalue weighted by molar-refractivity contribution is 0.316. The summed E-state index contributed by atoms with van der Waals surface area (Å²) in [5.41, 5.74) is 9.41. The Labute approximate surface area is 194 Å². The molecule has 3 aromatic rings. The SMILES string of the molecule is C=CS(=O)(=O)N1CCCC(c2cc(C=N)c(N)c(-c3ccc(Oc4ccccc4)cc3)n2)C1. The molecule has 0 bridgehead atoms. The number of nitrogens with two attached hydrogens (primary N) is 1. The quantitative estimate of drug-likeness (QED) is 0.491. The maximum Gasteiger partial charge on any atom is 0.235 e. The van der Waals surface area contributed by atoms with E-state index in [2.05, 4.69) is 6.58 Å². The Hall–Kier alpha value is -3.49. The number of anilines is 1. The normalized spacial score (nSPS) is 16.8. The molecule has 1 saturated heterocycles. The van der Waals surface area contributed by atoms with Crippen LogP contribution in [0, 0.1) is 5.41 Å². The van der Waals surface area contributed by atoms with E-state index in [1.54, 1.807) is 6.07 Å². The molecule has 1 aromatic heterocycles. The number of pyridine rings is 1. The largest absolute Gasteiger partial charge is 0.457 e. The molecule has 2 heterocycles. The van der Waals surface area contributed by atoms with Gasteiger partial charge in [0, 0.05) is 47.5 Å². The molecule has 8 heteroatoms. The maximum absolute atomic E-state index is 12.3. The van der Waals surface area contributed by atoms with Crippen LogP contribution in [0.15, 0.2) is 72.7 Å². The van der Waals surface area contributed by atoms with Gasteiger partial charge in [-0.1, -0.05) is 24.8 Å². The van der Waals surface area contributed by atoms with Crippen molar-refractivity contribution in [2.45, 2.75) is 18.8 Å². The van der Waals surface area contributed by atoms with Crippen LogP contribution in [0.25, 0.3) is 11.3 Å². The summed E-state index contributed by atoms with van der Waals surface area (Å²) in [7, 11) is -3.49. The second kappa shape index (κ2) is 9.56. The average Bonchev–Trinajstić information content (AvgIpc) is 2.85. The second-order valence-corrected chi connectivity index (χ2v) is 9.77. The van der Waals surface area contributed by atoms with Gasteiger partial charge in [0.2, 0.25) is 10.0 Å². The molecule has 1 unspecified atom stereocenters. The number of sulfonamides is 1. The molecule has 0 spiro atoms. The van der Waals surface area contributed by atoms with Gasteiger partial charge in [0.05, 0.1) is 11.4 Å². The highest BCUT2D eigenvalue weighted by Crippen LogP contribution is 2.34. The van der Waals surface area contributed by atoms with Gasteiger partial charge in [0.15, 0.2) is 0 Å². The summed E-state index contributed by atoms with van der Waals surface area (Å²) in [5.74, 6) is 1.34. The smallest absolute Gasteiger partial charge is 0.235 e. The van der Waals surface area contributed by atoms with E-state index in [4.69, 9.17) is 20.9 Å². The van der Waals surface area contributed by atoms with Gasteiger partial charge in [-0.3, -0.25) is 4.98 Å². The lowest BCUT2D eigenvalue weighted by atomic mass is 9.93. The monoisotopic (exact) mass is 462 g/mol. The number of aromatic nitrogens is 1. The number of para-hydroxylation sites is 1. The van der Waals surface area contributed by atoms with E-state index in [0.717, 1.165) is 35.3 Å². The summed E-state index contributed by atoms with van der Waals surface area (Å²) in [6, 6.07) is 18.7. The van der Waals surface area contributed by atoms with Gasteiger partial charge in [0.1, 0.15) is 11.5 Å². The zero-order valence-corrected chi connectivity index (χ0v) is 19.0. The minimum atomic E-state index is -3.49. The number of piperidine rings is 1. The number of ether oxygens (including phenoxy) is 1. The third kappa shape index (κ3) is 4.97. The molecule has 3 N–H and O–H groups in total. The molecule has 0 amide bonds. The number of rotatable bonds is 7. The van der Waals surface area contributed by atoms with Crippen LogP contribution in [-0.4, -0.2) is 37.0 Å². The Balaban J connectivity index is 1.64. The summed E-state index contributed by atoms with van der Waals surface area (Å²) in [5, 5.41) is 8.80. The summed E-state index contributed by atoms with van der Waals surface area (Å²) in [4.78, 5) is 4.81. The third-order valence-electron chi connectivity index (χ3n) is 5.75. The predicted octanol–water partition coefficient (Wildman–Crippen LogP) is 4.77. The van der Waals surface area contributed by atoms with Gasteiger partial charge in [0.25, 0.3) is 0 Å². The lowest BCUT2D eigenvalue weighted by Gasteiger charge is -2.31. The molecule has 1 aliphatic heterocycles. The van der Waals surface area contributed by atoms with Crippen molar-refractivity contribution in [2.24, 2.45) is 0 Å². The third-order valence-corrected chi connectivity index (χ3v) is 7.22. The second-order valence-electron chi connectivity index (χ2n) is 7.89. The van der Waals surface area contributed by atoms with Crippen molar-refractivity contribution < 1.29 is 13.2 Å². The van der Waals surface area contributed by atoms with Crippen molar-refractivity contribution in [2.75, 3.05) is 18.8 Å². The highest BCUT2D eigenvalue weighted by Gasteiger charge is 2.29. The molecule has 0 radical (unpaired) electrons. The number of nitrogens with zero attached hydrogens (tertiary/aromatic N) is 2. The van der Waals surface area contributed by atoms with Gasteiger partial charge in [-0.05, 0) is 55.3 Å². The molecular weight excluding hydrogens is 436 g/mol. The van der Waals surface area contributed by atoms with Crippen LogP contribution in [0.4, 0.5) is 5.69 Å². The Bertz CT molecular complexity index is 1260. The zero-order chi connectivity index (χ0) is 23.4. The Morgan fingerprint density at radius 1 is 1.12 bits per heavy atom. The minimum Gasteiger partial charge on any atom is -0.457 e. The first-order valence-corrected chi connectivity index (χ1v) is 12.2. The molecular formula is C25H26N4O3S. The van der Waals surface area contributed by atoms with Crippen molar-refractivity contribution >= 4 is 21.9 Å². The average molecular weight is 463 g/mol. The van der Waals surface area contributed by atoms with Crippen molar-refractivity contribution in [3.8, 4) is 22.8 Å². The number of nitrogen functional groups attached to an aromatic ring is 1. The molecule has 0 aliphatic carbocycles. The summed E-state index contributed by atoms with van der Waals surface area (Å²) in [6.07, 6.45) is 2.74. The molecule has 170 valence electrons. The van der Waals surface area contributed by atoms with Crippen molar-refractivity contribution in [1.29, 1.82) is 5.41 Å². The van der Waals surface area contributed by atoms with E-state index in [0.29, 0.717) is 35.8 Å². The Morgan fingerprint density at radius 3 is 2.48 bits per heavy atom. The summed E-state index contributed by atoms with van der Waals surface area (Å²) < 4.78 is 31.9. The molecule has 1 fully saturated rings.